The van der Waals surface area contributed by atoms with Crippen molar-refractivity contribution in [1.82, 2.24) is 10.0 Å². The summed E-state index contributed by atoms with van der Waals surface area (Å²) in [5.74, 6) is 0.133. The molecule has 1 aromatic rings. The average molecular weight is 330 g/mol. The summed E-state index contributed by atoms with van der Waals surface area (Å²) in [6.07, 6.45) is 0.139. The number of carbonyl (C=O) groups is 1. The summed E-state index contributed by atoms with van der Waals surface area (Å²) >= 11 is 0. The maximum Gasteiger partial charge on any atom is 0.308 e. The van der Waals surface area contributed by atoms with Gasteiger partial charge in [-0.1, -0.05) is 0 Å². The van der Waals surface area contributed by atoms with E-state index in [-0.39, 0.29) is 29.9 Å². The highest BCUT2D eigenvalue weighted by Crippen LogP contribution is 2.16. The molecule has 1 unspecified atom stereocenters. The van der Waals surface area contributed by atoms with Gasteiger partial charge in [0, 0.05) is 12.6 Å². The Hall–Kier alpha value is -1.64. The third kappa shape index (κ3) is 6.00. The fourth-order valence-corrected chi connectivity index (χ4v) is 2.62. The summed E-state index contributed by atoms with van der Waals surface area (Å²) in [4.78, 5) is 11.1. The average Bonchev–Trinajstić information content (AvgIpc) is 2.53. The van der Waals surface area contributed by atoms with Gasteiger partial charge in [0.15, 0.2) is 0 Å². The van der Waals surface area contributed by atoms with Gasteiger partial charge in [-0.05, 0) is 38.2 Å². The predicted octanol–water partition coefficient (Wildman–Crippen LogP) is 0.515. The molecule has 0 aliphatic heterocycles. The van der Waals surface area contributed by atoms with Gasteiger partial charge in [-0.25, -0.2) is 13.1 Å². The second-order valence-corrected chi connectivity index (χ2v) is 6.45. The number of esters is 1. The SMILES string of the molecule is CNC(C)CNS(=O)(=O)c1ccc(OCCC(=O)OC)cc1. The zero-order valence-corrected chi connectivity index (χ0v) is 13.8. The first-order valence-corrected chi connectivity index (χ1v) is 8.34. The van der Waals surface area contributed by atoms with Crippen LogP contribution in [0.15, 0.2) is 29.2 Å². The highest BCUT2D eigenvalue weighted by atomic mass is 32.2. The van der Waals surface area contributed by atoms with Crippen molar-refractivity contribution in [3.8, 4) is 5.75 Å². The molecule has 1 atom stereocenters. The lowest BCUT2D eigenvalue weighted by atomic mass is 10.3. The van der Waals surface area contributed by atoms with Gasteiger partial charge >= 0.3 is 5.97 Å². The normalized spacial score (nSPS) is 12.7. The lowest BCUT2D eigenvalue weighted by Crippen LogP contribution is -2.37. The summed E-state index contributed by atoms with van der Waals surface area (Å²) in [7, 11) is -0.467. The minimum Gasteiger partial charge on any atom is -0.493 e. The van der Waals surface area contributed by atoms with Crippen LogP contribution in [0.1, 0.15) is 13.3 Å². The quantitative estimate of drug-likeness (QED) is 0.641. The molecule has 0 saturated heterocycles. The van der Waals surface area contributed by atoms with Crippen LogP contribution in [0.3, 0.4) is 0 Å². The van der Waals surface area contributed by atoms with Gasteiger partial charge in [0.25, 0.3) is 0 Å². The minimum absolute atomic E-state index is 0.0377. The lowest BCUT2D eigenvalue weighted by molar-refractivity contribution is -0.141. The van der Waals surface area contributed by atoms with Crippen LogP contribution in [0.5, 0.6) is 5.75 Å². The van der Waals surface area contributed by atoms with Crippen LogP contribution < -0.4 is 14.8 Å². The largest absolute Gasteiger partial charge is 0.493 e. The molecular weight excluding hydrogens is 308 g/mol. The maximum atomic E-state index is 12.1. The zero-order chi connectivity index (χ0) is 16.6. The highest BCUT2D eigenvalue weighted by Gasteiger charge is 2.14. The molecular formula is C14H22N2O5S. The molecule has 0 aliphatic rings. The van der Waals surface area contributed by atoms with E-state index in [9.17, 15) is 13.2 Å². The first-order valence-electron chi connectivity index (χ1n) is 6.85. The number of hydrogen-bond acceptors (Lipinski definition) is 6. The second kappa shape index (κ2) is 8.72. The smallest absolute Gasteiger partial charge is 0.308 e. The van der Waals surface area contributed by atoms with Crippen LogP contribution >= 0.6 is 0 Å². The Labute approximate surface area is 131 Å². The fraction of sp³-hybridized carbons (Fsp3) is 0.500. The molecule has 0 radical (unpaired) electrons. The van der Waals surface area contributed by atoms with Crippen LogP contribution in [0, 0.1) is 0 Å². The number of nitrogens with one attached hydrogen (secondary N) is 2. The van der Waals surface area contributed by atoms with Crippen LogP contribution in [0.4, 0.5) is 0 Å². The minimum atomic E-state index is -3.54. The molecule has 0 aliphatic carbocycles. The van der Waals surface area contributed by atoms with Crippen molar-refractivity contribution in [2.24, 2.45) is 0 Å². The van der Waals surface area contributed by atoms with Crippen LogP contribution in [-0.2, 0) is 19.6 Å². The van der Waals surface area contributed by atoms with Crippen molar-refractivity contribution in [1.29, 1.82) is 0 Å². The highest BCUT2D eigenvalue weighted by molar-refractivity contribution is 7.89. The van der Waals surface area contributed by atoms with E-state index in [1.807, 2.05) is 6.92 Å². The molecule has 1 rings (SSSR count). The Kier molecular flexibility index (Phi) is 7.30. The Morgan fingerprint density at radius 1 is 1.27 bits per heavy atom. The van der Waals surface area contributed by atoms with E-state index in [1.165, 1.54) is 19.2 Å². The van der Waals surface area contributed by atoms with Crippen molar-refractivity contribution >= 4 is 16.0 Å². The second-order valence-electron chi connectivity index (χ2n) is 4.69. The Bertz CT molecular complexity index is 571. The van der Waals surface area contributed by atoms with Gasteiger partial charge in [-0.2, -0.15) is 0 Å². The Balaban J connectivity index is 2.58. The molecule has 0 fully saturated rings. The fourth-order valence-electron chi connectivity index (χ4n) is 1.49. The van der Waals surface area contributed by atoms with E-state index in [1.54, 1.807) is 19.2 Å². The molecule has 2 N–H and O–H groups in total. The number of rotatable bonds is 9. The number of methoxy groups -OCH3 is 1. The van der Waals surface area contributed by atoms with Crippen molar-refractivity contribution in [3.63, 3.8) is 0 Å². The maximum absolute atomic E-state index is 12.1. The summed E-state index contributed by atoms with van der Waals surface area (Å²) in [6.45, 7) is 2.35. The first kappa shape index (κ1) is 18.4. The van der Waals surface area contributed by atoms with Crippen molar-refractivity contribution in [2.45, 2.75) is 24.3 Å². The number of carbonyl (C=O) groups excluding carboxylic acids is 1. The van der Waals surface area contributed by atoms with Gasteiger partial charge in [0.05, 0.1) is 25.0 Å². The van der Waals surface area contributed by atoms with Gasteiger partial charge in [0.2, 0.25) is 10.0 Å². The van der Waals surface area contributed by atoms with Crippen molar-refractivity contribution in [3.05, 3.63) is 24.3 Å². The molecule has 1 aromatic carbocycles. The van der Waals surface area contributed by atoms with Gasteiger partial charge in [-0.3, -0.25) is 4.79 Å². The monoisotopic (exact) mass is 330 g/mol. The van der Waals surface area contributed by atoms with Crippen molar-refractivity contribution < 1.29 is 22.7 Å². The molecule has 0 bridgehead atoms. The number of benzene rings is 1. The molecule has 8 heteroatoms. The molecule has 22 heavy (non-hydrogen) atoms. The Morgan fingerprint density at radius 2 is 1.91 bits per heavy atom. The zero-order valence-electron chi connectivity index (χ0n) is 13.0. The number of sulfonamides is 1. The van der Waals surface area contributed by atoms with Gasteiger partial charge < -0.3 is 14.8 Å². The molecule has 124 valence electrons. The molecule has 0 heterocycles. The summed E-state index contributed by atoms with van der Waals surface area (Å²) in [5.41, 5.74) is 0. The predicted molar refractivity (Wildman–Crippen MR) is 82.3 cm³/mol. The third-order valence-electron chi connectivity index (χ3n) is 3.01. The Morgan fingerprint density at radius 3 is 2.45 bits per heavy atom. The van der Waals surface area contributed by atoms with Crippen LogP contribution in [0.25, 0.3) is 0 Å². The third-order valence-corrected chi connectivity index (χ3v) is 4.45. The first-order chi connectivity index (χ1) is 10.4. The molecule has 7 nitrogen and oxygen atoms in total. The summed E-state index contributed by atoms with van der Waals surface area (Å²) in [6, 6.07) is 6.05. The van der Waals surface area contributed by atoms with E-state index in [4.69, 9.17) is 4.74 Å². The number of ether oxygens (including phenoxy) is 2. The molecule has 0 aromatic heterocycles. The van der Waals surface area contributed by atoms with E-state index < -0.39 is 10.0 Å². The van der Waals surface area contributed by atoms with E-state index in [0.717, 1.165) is 0 Å². The summed E-state index contributed by atoms with van der Waals surface area (Å²) in [5, 5.41) is 2.95. The molecule has 0 spiro atoms. The van der Waals surface area contributed by atoms with Crippen LogP contribution in [-0.4, -0.2) is 47.7 Å². The van der Waals surface area contributed by atoms with Gasteiger partial charge in [-0.15, -0.1) is 0 Å². The standard InChI is InChI=1S/C14H22N2O5S/c1-11(15-2)10-16-22(18,19)13-6-4-12(5-7-13)21-9-8-14(17)20-3/h4-7,11,15-16H,8-10H2,1-3H3. The van der Waals surface area contributed by atoms with Crippen LogP contribution in [0.2, 0.25) is 0 Å². The molecule has 0 amide bonds. The summed E-state index contributed by atoms with van der Waals surface area (Å²) < 4.78 is 36.5. The lowest BCUT2D eigenvalue weighted by Gasteiger charge is -2.12. The van der Waals surface area contributed by atoms with E-state index in [2.05, 4.69) is 14.8 Å². The number of likely N-dealkylation sites (N-methyl/N-ethyl adjacent to an activating group) is 1. The number of hydrogen-bond donors (Lipinski definition) is 2. The van der Waals surface area contributed by atoms with Crippen molar-refractivity contribution in [2.75, 3.05) is 27.3 Å². The van der Waals surface area contributed by atoms with E-state index in [0.29, 0.717) is 12.3 Å². The van der Waals surface area contributed by atoms with E-state index >= 15 is 0 Å². The topological polar surface area (TPSA) is 93.7 Å². The van der Waals surface area contributed by atoms with Gasteiger partial charge in [0.1, 0.15) is 5.75 Å². The molecule has 0 saturated carbocycles.